The fourth-order valence-corrected chi connectivity index (χ4v) is 2.49. The van der Waals surface area contributed by atoms with E-state index in [-0.39, 0.29) is 11.8 Å². The number of rotatable bonds is 6. The molecule has 0 aromatic carbocycles. The van der Waals surface area contributed by atoms with Gasteiger partial charge in [0.25, 0.3) is 0 Å². The number of nitrogens with two attached hydrogens (primary N) is 1. The number of hydrogen-bond acceptors (Lipinski definition) is 4. The molecule has 0 radical (unpaired) electrons. The molecule has 86 valence electrons. The fourth-order valence-electron chi connectivity index (χ4n) is 1.17. The minimum absolute atomic E-state index is 0.0501. The SMILES string of the molecule is CC(NS(=O)(=O)CCCN)c1ncc[nH]1. The van der Waals surface area contributed by atoms with Crippen molar-refractivity contribution >= 4 is 10.0 Å². The largest absolute Gasteiger partial charge is 0.347 e. The first-order chi connectivity index (χ1) is 7.05. The number of sulfonamides is 1. The Morgan fingerprint density at radius 2 is 2.40 bits per heavy atom. The molecule has 0 aliphatic heterocycles. The number of nitrogens with zero attached hydrogens (tertiary/aromatic N) is 1. The van der Waals surface area contributed by atoms with E-state index < -0.39 is 10.0 Å². The minimum Gasteiger partial charge on any atom is -0.347 e. The van der Waals surface area contributed by atoms with Gasteiger partial charge in [-0.1, -0.05) is 0 Å². The number of aromatic nitrogens is 2. The molecule has 0 saturated carbocycles. The fraction of sp³-hybridized carbons (Fsp3) is 0.625. The van der Waals surface area contributed by atoms with Crippen LogP contribution in [0, 0.1) is 0 Å². The summed E-state index contributed by atoms with van der Waals surface area (Å²) >= 11 is 0. The van der Waals surface area contributed by atoms with Crippen LogP contribution in [0.2, 0.25) is 0 Å². The van der Waals surface area contributed by atoms with Gasteiger partial charge in [0, 0.05) is 12.4 Å². The van der Waals surface area contributed by atoms with Crippen molar-refractivity contribution in [1.82, 2.24) is 14.7 Å². The number of aromatic amines is 1. The zero-order valence-corrected chi connectivity index (χ0v) is 9.42. The smallest absolute Gasteiger partial charge is 0.212 e. The number of nitrogens with one attached hydrogen (secondary N) is 2. The van der Waals surface area contributed by atoms with E-state index in [1.54, 1.807) is 19.3 Å². The maximum atomic E-state index is 11.5. The monoisotopic (exact) mass is 232 g/mol. The molecule has 0 fully saturated rings. The normalized spacial score (nSPS) is 14.0. The molecule has 0 spiro atoms. The lowest BCUT2D eigenvalue weighted by molar-refractivity contribution is 0.559. The number of hydrogen-bond donors (Lipinski definition) is 3. The van der Waals surface area contributed by atoms with Crippen LogP contribution in [-0.2, 0) is 10.0 Å². The van der Waals surface area contributed by atoms with Gasteiger partial charge in [0.2, 0.25) is 10.0 Å². The van der Waals surface area contributed by atoms with Gasteiger partial charge in [0.15, 0.2) is 0 Å². The first-order valence-electron chi connectivity index (χ1n) is 4.74. The summed E-state index contributed by atoms with van der Waals surface area (Å²) in [5, 5.41) is 0. The van der Waals surface area contributed by atoms with E-state index in [1.807, 2.05) is 0 Å². The third kappa shape index (κ3) is 3.98. The molecule has 0 aliphatic rings. The van der Waals surface area contributed by atoms with Crippen LogP contribution in [0.15, 0.2) is 12.4 Å². The second kappa shape index (κ2) is 5.24. The molecule has 0 amide bonds. The van der Waals surface area contributed by atoms with Crippen molar-refractivity contribution in [2.45, 2.75) is 19.4 Å². The lowest BCUT2D eigenvalue weighted by Gasteiger charge is -2.11. The van der Waals surface area contributed by atoms with E-state index in [0.717, 1.165) is 0 Å². The lowest BCUT2D eigenvalue weighted by atomic mass is 10.3. The molecule has 1 unspecified atom stereocenters. The Morgan fingerprint density at radius 1 is 1.67 bits per heavy atom. The molecule has 15 heavy (non-hydrogen) atoms. The van der Waals surface area contributed by atoms with Crippen molar-refractivity contribution in [3.05, 3.63) is 18.2 Å². The lowest BCUT2D eigenvalue weighted by Crippen LogP contribution is -2.30. The zero-order valence-electron chi connectivity index (χ0n) is 8.60. The van der Waals surface area contributed by atoms with Crippen LogP contribution in [0.5, 0.6) is 0 Å². The highest BCUT2D eigenvalue weighted by atomic mass is 32.2. The van der Waals surface area contributed by atoms with Gasteiger partial charge in [-0.05, 0) is 19.9 Å². The van der Waals surface area contributed by atoms with Crippen LogP contribution in [0.4, 0.5) is 0 Å². The average Bonchev–Trinajstić information content (AvgIpc) is 2.67. The summed E-state index contributed by atoms with van der Waals surface area (Å²) in [6.45, 7) is 2.11. The molecule has 1 heterocycles. The first kappa shape index (κ1) is 12.2. The van der Waals surface area contributed by atoms with Crippen LogP contribution in [0.1, 0.15) is 25.2 Å². The Balaban J connectivity index is 2.54. The minimum atomic E-state index is -3.26. The van der Waals surface area contributed by atoms with Gasteiger partial charge in [-0.2, -0.15) is 0 Å². The average molecular weight is 232 g/mol. The zero-order chi connectivity index (χ0) is 11.3. The molecule has 0 bridgehead atoms. The molecule has 1 aromatic heterocycles. The van der Waals surface area contributed by atoms with Gasteiger partial charge in [-0.25, -0.2) is 18.1 Å². The molecule has 1 rings (SSSR count). The molecule has 4 N–H and O–H groups in total. The van der Waals surface area contributed by atoms with Gasteiger partial charge in [-0.15, -0.1) is 0 Å². The summed E-state index contributed by atoms with van der Waals surface area (Å²) in [7, 11) is -3.26. The standard InChI is InChI=1S/C8H16N4O2S/c1-7(8-10-4-5-11-8)12-15(13,14)6-2-3-9/h4-5,7,12H,2-3,6,9H2,1H3,(H,10,11). The van der Waals surface area contributed by atoms with E-state index in [0.29, 0.717) is 18.8 Å². The summed E-state index contributed by atoms with van der Waals surface area (Å²) in [4.78, 5) is 6.83. The summed E-state index contributed by atoms with van der Waals surface area (Å²) in [6, 6.07) is -0.345. The molecule has 0 saturated heterocycles. The second-order valence-corrected chi connectivity index (χ2v) is 5.15. The Kier molecular flexibility index (Phi) is 4.25. The van der Waals surface area contributed by atoms with E-state index in [2.05, 4.69) is 14.7 Å². The van der Waals surface area contributed by atoms with E-state index in [9.17, 15) is 8.42 Å². The quantitative estimate of drug-likeness (QED) is 0.629. The predicted molar refractivity (Wildman–Crippen MR) is 57.6 cm³/mol. The van der Waals surface area contributed by atoms with Crippen molar-refractivity contribution in [2.75, 3.05) is 12.3 Å². The third-order valence-corrected chi connectivity index (χ3v) is 3.44. The highest BCUT2D eigenvalue weighted by Gasteiger charge is 2.16. The van der Waals surface area contributed by atoms with Crippen molar-refractivity contribution in [3.63, 3.8) is 0 Å². The van der Waals surface area contributed by atoms with Crippen LogP contribution < -0.4 is 10.5 Å². The molecular weight excluding hydrogens is 216 g/mol. The molecule has 6 nitrogen and oxygen atoms in total. The Bertz CT molecular complexity index is 373. The molecule has 7 heteroatoms. The summed E-state index contributed by atoms with van der Waals surface area (Å²) < 4.78 is 25.5. The highest BCUT2D eigenvalue weighted by molar-refractivity contribution is 7.89. The van der Waals surface area contributed by atoms with Gasteiger partial charge >= 0.3 is 0 Å². The van der Waals surface area contributed by atoms with E-state index in [4.69, 9.17) is 5.73 Å². The Morgan fingerprint density at radius 3 is 2.93 bits per heavy atom. The summed E-state index contributed by atoms with van der Waals surface area (Å²) in [5.74, 6) is 0.653. The van der Waals surface area contributed by atoms with Gasteiger partial charge < -0.3 is 10.7 Å². The van der Waals surface area contributed by atoms with Crippen molar-refractivity contribution < 1.29 is 8.42 Å². The van der Waals surface area contributed by atoms with Crippen LogP contribution in [0.25, 0.3) is 0 Å². The van der Waals surface area contributed by atoms with Crippen molar-refractivity contribution in [2.24, 2.45) is 5.73 Å². The second-order valence-electron chi connectivity index (χ2n) is 3.28. The molecule has 1 atom stereocenters. The van der Waals surface area contributed by atoms with Gasteiger partial charge in [-0.3, -0.25) is 0 Å². The number of imidazole rings is 1. The van der Waals surface area contributed by atoms with Crippen LogP contribution in [-0.4, -0.2) is 30.7 Å². The van der Waals surface area contributed by atoms with E-state index >= 15 is 0 Å². The van der Waals surface area contributed by atoms with Gasteiger partial charge in [0.1, 0.15) is 5.82 Å². The topological polar surface area (TPSA) is 101 Å². The van der Waals surface area contributed by atoms with Crippen LogP contribution in [0.3, 0.4) is 0 Å². The predicted octanol–water partition coefficient (Wildman–Crippen LogP) is -0.261. The maximum Gasteiger partial charge on any atom is 0.212 e. The van der Waals surface area contributed by atoms with Gasteiger partial charge in [0.05, 0.1) is 11.8 Å². The number of H-pyrrole nitrogens is 1. The Hall–Kier alpha value is -0.920. The van der Waals surface area contributed by atoms with Crippen LogP contribution >= 0.6 is 0 Å². The molecule has 0 aliphatic carbocycles. The molecular formula is C8H16N4O2S. The Labute approximate surface area is 89.3 Å². The highest BCUT2D eigenvalue weighted by Crippen LogP contribution is 2.07. The van der Waals surface area contributed by atoms with Crippen molar-refractivity contribution in [3.8, 4) is 0 Å². The first-order valence-corrected chi connectivity index (χ1v) is 6.40. The summed E-state index contributed by atoms with van der Waals surface area (Å²) in [5.41, 5.74) is 5.25. The van der Waals surface area contributed by atoms with Crippen molar-refractivity contribution in [1.29, 1.82) is 0 Å². The third-order valence-electron chi connectivity index (χ3n) is 1.90. The van der Waals surface area contributed by atoms with E-state index in [1.165, 1.54) is 0 Å². The summed E-state index contributed by atoms with van der Waals surface area (Å²) in [6.07, 6.45) is 3.69. The molecule has 1 aromatic rings. The maximum absolute atomic E-state index is 11.5.